The first-order chi connectivity index (χ1) is 12.7. The zero-order chi connectivity index (χ0) is 18.4. The van der Waals surface area contributed by atoms with Gasteiger partial charge >= 0.3 is 0 Å². The molecule has 0 aromatic heterocycles. The lowest BCUT2D eigenvalue weighted by Crippen LogP contribution is -2.53. The smallest absolute Gasteiger partial charge is 0.227 e. The Morgan fingerprint density at radius 3 is 2.58 bits per heavy atom. The Hall–Kier alpha value is -2.14. The van der Waals surface area contributed by atoms with Gasteiger partial charge in [-0.25, -0.2) is 0 Å². The van der Waals surface area contributed by atoms with Gasteiger partial charge < -0.3 is 9.80 Å². The predicted octanol–water partition coefficient (Wildman–Crippen LogP) is 2.10. The molecule has 1 atom stereocenters. The van der Waals surface area contributed by atoms with E-state index in [9.17, 15) is 9.59 Å². The summed E-state index contributed by atoms with van der Waals surface area (Å²) in [7, 11) is 0. The van der Waals surface area contributed by atoms with E-state index in [-0.39, 0.29) is 17.7 Å². The highest BCUT2D eigenvalue weighted by atomic mass is 16.2. The number of carbonyl (C=O) groups is 2. The molecule has 3 rings (SSSR count). The van der Waals surface area contributed by atoms with Crippen LogP contribution >= 0.6 is 0 Å². The average molecular weight is 355 g/mol. The third kappa shape index (κ3) is 4.73. The summed E-state index contributed by atoms with van der Waals surface area (Å²) in [5.41, 5.74) is 1.22. The van der Waals surface area contributed by atoms with Crippen molar-refractivity contribution < 1.29 is 9.59 Å². The van der Waals surface area contributed by atoms with Crippen LogP contribution in [0.1, 0.15) is 25.3 Å². The number of amides is 2. The van der Waals surface area contributed by atoms with E-state index in [4.69, 9.17) is 0 Å². The fraction of sp³-hybridized carbons (Fsp3) is 0.524. The zero-order valence-corrected chi connectivity index (χ0v) is 15.6. The molecule has 140 valence electrons. The average Bonchev–Trinajstić information content (AvgIpc) is 2.69. The monoisotopic (exact) mass is 355 g/mol. The summed E-state index contributed by atoms with van der Waals surface area (Å²) in [6.45, 7) is 7.58. The maximum atomic E-state index is 12.8. The maximum Gasteiger partial charge on any atom is 0.227 e. The van der Waals surface area contributed by atoms with E-state index in [0.717, 1.165) is 32.7 Å². The van der Waals surface area contributed by atoms with E-state index in [1.807, 2.05) is 34.9 Å². The topological polar surface area (TPSA) is 43.9 Å². The van der Waals surface area contributed by atoms with Crippen LogP contribution in [0, 0.1) is 5.92 Å². The first kappa shape index (κ1) is 18.6. The van der Waals surface area contributed by atoms with Crippen molar-refractivity contribution in [1.29, 1.82) is 0 Å². The van der Waals surface area contributed by atoms with E-state index < -0.39 is 0 Å². The van der Waals surface area contributed by atoms with Crippen molar-refractivity contribution in [3.05, 3.63) is 42.0 Å². The van der Waals surface area contributed by atoms with Crippen LogP contribution in [-0.4, -0.2) is 72.3 Å². The fourth-order valence-electron chi connectivity index (χ4n) is 3.73. The van der Waals surface area contributed by atoms with Gasteiger partial charge in [0.15, 0.2) is 0 Å². The maximum absolute atomic E-state index is 12.8. The third-order valence-corrected chi connectivity index (χ3v) is 5.39. The molecule has 0 radical (unpaired) electrons. The van der Waals surface area contributed by atoms with Gasteiger partial charge in [-0.1, -0.05) is 42.5 Å². The van der Waals surface area contributed by atoms with E-state index >= 15 is 0 Å². The van der Waals surface area contributed by atoms with E-state index in [0.29, 0.717) is 25.9 Å². The second-order valence-corrected chi connectivity index (χ2v) is 7.11. The molecule has 2 saturated heterocycles. The van der Waals surface area contributed by atoms with Crippen LogP contribution in [0.5, 0.6) is 0 Å². The normalized spacial score (nSPS) is 22.2. The van der Waals surface area contributed by atoms with E-state index in [1.165, 1.54) is 5.56 Å². The molecule has 2 heterocycles. The van der Waals surface area contributed by atoms with Crippen molar-refractivity contribution in [2.45, 2.75) is 19.8 Å². The first-order valence-corrected chi connectivity index (χ1v) is 9.68. The van der Waals surface area contributed by atoms with Crippen LogP contribution in [0.2, 0.25) is 0 Å². The molecule has 0 bridgehead atoms. The lowest BCUT2D eigenvalue weighted by Gasteiger charge is -2.38. The molecule has 2 amide bonds. The summed E-state index contributed by atoms with van der Waals surface area (Å²) in [6.07, 6.45) is 5.55. The highest BCUT2D eigenvalue weighted by molar-refractivity contribution is 5.84. The minimum atomic E-state index is -0.0165. The first-order valence-electron chi connectivity index (χ1n) is 9.68. The molecule has 0 saturated carbocycles. The van der Waals surface area contributed by atoms with Gasteiger partial charge in [0.2, 0.25) is 11.8 Å². The quantitative estimate of drug-likeness (QED) is 0.812. The Kier molecular flexibility index (Phi) is 6.45. The lowest BCUT2D eigenvalue weighted by molar-refractivity contribution is -0.144. The largest absolute Gasteiger partial charge is 0.342 e. The number of piperazine rings is 1. The molecule has 1 aromatic rings. The van der Waals surface area contributed by atoms with Gasteiger partial charge in [0.1, 0.15) is 0 Å². The summed E-state index contributed by atoms with van der Waals surface area (Å²) < 4.78 is 0. The van der Waals surface area contributed by atoms with Crippen molar-refractivity contribution >= 4 is 17.9 Å². The minimum Gasteiger partial charge on any atom is -0.342 e. The fourth-order valence-corrected chi connectivity index (χ4v) is 3.73. The second kappa shape index (κ2) is 8.99. The molecule has 0 unspecified atom stereocenters. The molecule has 0 aliphatic carbocycles. The van der Waals surface area contributed by atoms with Gasteiger partial charge in [-0.15, -0.1) is 0 Å². The molecule has 2 fully saturated rings. The van der Waals surface area contributed by atoms with Gasteiger partial charge in [0.25, 0.3) is 0 Å². The van der Waals surface area contributed by atoms with Crippen LogP contribution in [0.25, 0.3) is 6.08 Å². The highest BCUT2D eigenvalue weighted by Crippen LogP contribution is 2.20. The molecular weight excluding hydrogens is 326 g/mol. The Labute approximate surface area is 156 Å². The van der Waals surface area contributed by atoms with Gasteiger partial charge in [-0.2, -0.15) is 0 Å². The van der Waals surface area contributed by atoms with Crippen molar-refractivity contribution in [3.8, 4) is 0 Å². The zero-order valence-electron chi connectivity index (χ0n) is 15.6. The summed E-state index contributed by atoms with van der Waals surface area (Å²) in [5.74, 6) is 0.402. The lowest BCUT2D eigenvalue weighted by atomic mass is 9.95. The Morgan fingerprint density at radius 1 is 1.15 bits per heavy atom. The van der Waals surface area contributed by atoms with Gasteiger partial charge in [-0.3, -0.25) is 14.5 Å². The van der Waals surface area contributed by atoms with Gasteiger partial charge in [-0.05, 0) is 18.9 Å². The molecule has 5 nitrogen and oxygen atoms in total. The second-order valence-electron chi connectivity index (χ2n) is 7.11. The van der Waals surface area contributed by atoms with Crippen LogP contribution < -0.4 is 0 Å². The molecule has 2 aliphatic heterocycles. The number of nitrogens with zero attached hydrogens (tertiary/aromatic N) is 3. The van der Waals surface area contributed by atoms with Gasteiger partial charge in [0.05, 0.1) is 5.92 Å². The highest BCUT2D eigenvalue weighted by Gasteiger charge is 2.33. The van der Waals surface area contributed by atoms with Gasteiger partial charge in [0, 0.05) is 52.2 Å². The Balaban J connectivity index is 1.44. The number of carbonyl (C=O) groups excluding carboxylic acids is 2. The van der Waals surface area contributed by atoms with Crippen LogP contribution in [-0.2, 0) is 9.59 Å². The van der Waals surface area contributed by atoms with Crippen molar-refractivity contribution in [2.24, 2.45) is 5.92 Å². The third-order valence-electron chi connectivity index (χ3n) is 5.39. The van der Waals surface area contributed by atoms with E-state index in [2.05, 4.69) is 29.2 Å². The van der Waals surface area contributed by atoms with Crippen LogP contribution in [0.3, 0.4) is 0 Å². The molecule has 0 N–H and O–H groups in total. The number of benzene rings is 1. The minimum absolute atomic E-state index is 0.0165. The SMILES string of the molecule is CCN1C[C@@H](C(=O)N2CCN(C/C=C/c3ccccc3)CC2)CCC1=O. The number of likely N-dealkylation sites (tertiary alicyclic amines) is 1. The van der Waals surface area contributed by atoms with E-state index in [1.54, 1.807) is 0 Å². The molecule has 5 heteroatoms. The molecule has 2 aliphatic rings. The number of rotatable bonds is 5. The number of piperidine rings is 1. The standard InChI is InChI=1S/C21H29N3O2/c1-2-23-17-19(10-11-20(23)25)21(26)24-15-13-22(14-16-24)12-6-9-18-7-4-3-5-8-18/h3-9,19H,2,10-17H2,1H3/b9-6+/t19-/m0/s1. The molecule has 1 aromatic carbocycles. The number of hydrogen-bond donors (Lipinski definition) is 0. The Morgan fingerprint density at radius 2 is 1.88 bits per heavy atom. The Bertz CT molecular complexity index is 636. The van der Waals surface area contributed by atoms with Crippen molar-refractivity contribution in [2.75, 3.05) is 45.8 Å². The molecular formula is C21H29N3O2. The summed E-state index contributed by atoms with van der Waals surface area (Å²) in [5, 5.41) is 0. The summed E-state index contributed by atoms with van der Waals surface area (Å²) in [6, 6.07) is 10.3. The predicted molar refractivity (Wildman–Crippen MR) is 103 cm³/mol. The van der Waals surface area contributed by atoms with Crippen LogP contribution in [0.15, 0.2) is 36.4 Å². The van der Waals surface area contributed by atoms with Crippen molar-refractivity contribution in [3.63, 3.8) is 0 Å². The molecule has 26 heavy (non-hydrogen) atoms. The molecule has 0 spiro atoms. The van der Waals surface area contributed by atoms with Crippen molar-refractivity contribution in [1.82, 2.24) is 14.7 Å². The number of hydrogen-bond acceptors (Lipinski definition) is 3. The summed E-state index contributed by atoms with van der Waals surface area (Å²) in [4.78, 5) is 30.8. The summed E-state index contributed by atoms with van der Waals surface area (Å²) >= 11 is 0. The van der Waals surface area contributed by atoms with Crippen LogP contribution in [0.4, 0.5) is 0 Å².